The number of aromatic nitrogens is 2. The molecule has 1 aromatic carbocycles. The smallest absolute Gasteiger partial charge is 0.267 e. The van der Waals surface area contributed by atoms with Gasteiger partial charge in [-0.3, -0.25) is 14.3 Å². The van der Waals surface area contributed by atoms with Crippen LogP contribution in [0.5, 0.6) is 5.75 Å². The van der Waals surface area contributed by atoms with Crippen molar-refractivity contribution in [2.24, 2.45) is 0 Å². The second kappa shape index (κ2) is 8.24. The van der Waals surface area contributed by atoms with Crippen molar-refractivity contribution in [3.63, 3.8) is 0 Å². The molecule has 1 aliphatic rings. The average Bonchev–Trinajstić information content (AvgIpc) is 2.96. The number of nitrogens with zero attached hydrogens (tertiary/aromatic N) is 3. The fourth-order valence-electron chi connectivity index (χ4n) is 3.25. The van der Waals surface area contributed by atoms with E-state index in [4.69, 9.17) is 4.74 Å². The molecule has 7 heteroatoms. The zero-order valence-electron chi connectivity index (χ0n) is 16.1. The molecule has 2 heterocycles. The lowest BCUT2D eigenvalue weighted by atomic mass is 10.1. The molecule has 1 aromatic heterocycles. The number of carbonyl (C=O) groups excluding carboxylic acids is 2. The van der Waals surface area contributed by atoms with Gasteiger partial charge in [0.05, 0.1) is 11.4 Å². The standard InChI is InChI=1S/C20H26N4O3/c1-14-13-15(2)24(22-14)11-6-10-21-19(25)9-12-23-17-7-4-5-8-18(17)27-16(3)20(23)26/h4-5,7-8,13,16H,6,9-12H2,1-3H3,(H,21,25)/t16-/m0/s1. The normalized spacial score (nSPS) is 16.0. The van der Waals surface area contributed by atoms with Crippen LogP contribution in [-0.4, -0.2) is 40.8 Å². The maximum absolute atomic E-state index is 12.4. The highest BCUT2D eigenvalue weighted by Gasteiger charge is 2.31. The SMILES string of the molecule is Cc1cc(C)n(CCCNC(=O)CCN2C(=O)[C@H](C)Oc3ccccc32)n1. The van der Waals surface area contributed by atoms with E-state index in [0.717, 1.165) is 30.0 Å². The van der Waals surface area contributed by atoms with Gasteiger partial charge in [0.1, 0.15) is 5.75 Å². The summed E-state index contributed by atoms with van der Waals surface area (Å²) in [6.07, 6.45) is 0.528. The number of aryl methyl sites for hydroxylation is 3. The van der Waals surface area contributed by atoms with Crippen LogP contribution in [-0.2, 0) is 16.1 Å². The Morgan fingerprint density at radius 3 is 2.78 bits per heavy atom. The zero-order chi connectivity index (χ0) is 19.4. The van der Waals surface area contributed by atoms with Crippen LogP contribution in [0.3, 0.4) is 0 Å². The number of para-hydroxylation sites is 2. The molecule has 0 aliphatic carbocycles. The molecule has 7 nitrogen and oxygen atoms in total. The minimum Gasteiger partial charge on any atom is -0.479 e. The van der Waals surface area contributed by atoms with Gasteiger partial charge < -0.3 is 15.0 Å². The third-order valence-corrected chi connectivity index (χ3v) is 4.61. The summed E-state index contributed by atoms with van der Waals surface area (Å²) in [4.78, 5) is 26.2. The maximum atomic E-state index is 12.4. The molecule has 2 aromatic rings. The van der Waals surface area contributed by atoms with Gasteiger partial charge in [0, 0.05) is 31.7 Å². The van der Waals surface area contributed by atoms with Crippen molar-refractivity contribution < 1.29 is 14.3 Å². The summed E-state index contributed by atoms with van der Waals surface area (Å²) in [5, 5.41) is 7.33. The minimum absolute atomic E-state index is 0.0622. The van der Waals surface area contributed by atoms with Gasteiger partial charge in [-0.1, -0.05) is 12.1 Å². The summed E-state index contributed by atoms with van der Waals surface area (Å²) >= 11 is 0. The van der Waals surface area contributed by atoms with Crippen molar-refractivity contribution in [2.75, 3.05) is 18.0 Å². The van der Waals surface area contributed by atoms with Crippen molar-refractivity contribution in [2.45, 2.75) is 46.3 Å². The van der Waals surface area contributed by atoms with Crippen molar-refractivity contribution in [1.82, 2.24) is 15.1 Å². The van der Waals surface area contributed by atoms with Crippen LogP contribution >= 0.6 is 0 Å². The van der Waals surface area contributed by atoms with Gasteiger partial charge in [0.15, 0.2) is 6.10 Å². The number of amides is 2. The van der Waals surface area contributed by atoms with Crippen LogP contribution in [0.1, 0.15) is 31.2 Å². The molecular weight excluding hydrogens is 344 g/mol. The summed E-state index contributed by atoms with van der Waals surface area (Å²) in [7, 11) is 0. The van der Waals surface area contributed by atoms with Gasteiger partial charge in [0.25, 0.3) is 5.91 Å². The second-order valence-corrected chi connectivity index (χ2v) is 6.82. The van der Waals surface area contributed by atoms with Gasteiger partial charge in [-0.15, -0.1) is 0 Å². The lowest BCUT2D eigenvalue weighted by Gasteiger charge is -2.32. The predicted molar refractivity (Wildman–Crippen MR) is 103 cm³/mol. The quantitative estimate of drug-likeness (QED) is 0.758. The Bertz CT molecular complexity index is 830. The largest absolute Gasteiger partial charge is 0.479 e. The topological polar surface area (TPSA) is 76.5 Å². The van der Waals surface area contributed by atoms with Crippen LogP contribution < -0.4 is 15.0 Å². The average molecular weight is 370 g/mol. The Kier molecular flexibility index (Phi) is 5.78. The van der Waals surface area contributed by atoms with Gasteiger partial charge >= 0.3 is 0 Å². The molecule has 2 amide bonds. The Balaban J connectivity index is 1.46. The molecule has 0 bridgehead atoms. The lowest BCUT2D eigenvalue weighted by Crippen LogP contribution is -2.45. The summed E-state index contributed by atoms with van der Waals surface area (Å²) < 4.78 is 7.56. The Labute approximate surface area is 159 Å². The highest BCUT2D eigenvalue weighted by Crippen LogP contribution is 2.33. The Morgan fingerprint density at radius 1 is 1.26 bits per heavy atom. The second-order valence-electron chi connectivity index (χ2n) is 6.82. The number of nitrogens with one attached hydrogen (secondary N) is 1. The first kappa shape index (κ1) is 18.9. The Morgan fingerprint density at radius 2 is 2.04 bits per heavy atom. The van der Waals surface area contributed by atoms with E-state index in [-0.39, 0.29) is 18.2 Å². The summed E-state index contributed by atoms with van der Waals surface area (Å²) in [6, 6.07) is 9.44. The fraction of sp³-hybridized carbons (Fsp3) is 0.450. The van der Waals surface area contributed by atoms with Crippen molar-refractivity contribution >= 4 is 17.5 Å². The summed E-state index contributed by atoms with van der Waals surface area (Å²) in [5.41, 5.74) is 2.84. The third kappa shape index (κ3) is 4.48. The maximum Gasteiger partial charge on any atom is 0.267 e. The van der Waals surface area contributed by atoms with E-state index in [9.17, 15) is 9.59 Å². The number of hydrogen-bond donors (Lipinski definition) is 1. The predicted octanol–water partition coefficient (Wildman–Crippen LogP) is 2.21. The van der Waals surface area contributed by atoms with Crippen LogP contribution in [0.4, 0.5) is 5.69 Å². The van der Waals surface area contributed by atoms with Crippen molar-refractivity contribution in [3.8, 4) is 5.75 Å². The van der Waals surface area contributed by atoms with Crippen molar-refractivity contribution in [3.05, 3.63) is 41.7 Å². The molecule has 1 atom stereocenters. The highest BCUT2D eigenvalue weighted by atomic mass is 16.5. The molecule has 0 radical (unpaired) electrons. The molecule has 1 N–H and O–H groups in total. The fourth-order valence-corrected chi connectivity index (χ4v) is 3.25. The van der Waals surface area contributed by atoms with Gasteiger partial charge in [-0.05, 0) is 45.4 Å². The molecule has 144 valence electrons. The molecular formula is C20H26N4O3. The summed E-state index contributed by atoms with van der Waals surface area (Å²) in [6.45, 7) is 7.42. The Hall–Kier alpha value is -2.83. The number of rotatable bonds is 7. The van der Waals surface area contributed by atoms with E-state index in [1.54, 1.807) is 11.8 Å². The zero-order valence-corrected chi connectivity index (χ0v) is 16.1. The number of hydrogen-bond acceptors (Lipinski definition) is 4. The van der Waals surface area contributed by atoms with Gasteiger partial charge in [-0.2, -0.15) is 5.10 Å². The number of fused-ring (bicyclic) bond motifs is 1. The molecule has 1 aliphatic heterocycles. The van der Waals surface area contributed by atoms with E-state index >= 15 is 0 Å². The van der Waals surface area contributed by atoms with E-state index in [2.05, 4.69) is 10.4 Å². The van der Waals surface area contributed by atoms with E-state index < -0.39 is 6.10 Å². The lowest BCUT2D eigenvalue weighted by molar-refractivity contribution is -0.125. The first-order chi connectivity index (χ1) is 13.0. The number of anilines is 1. The molecule has 0 saturated carbocycles. The van der Waals surface area contributed by atoms with Crippen LogP contribution in [0.15, 0.2) is 30.3 Å². The summed E-state index contributed by atoms with van der Waals surface area (Å²) in [5.74, 6) is 0.494. The number of carbonyl (C=O) groups is 2. The molecule has 3 rings (SSSR count). The third-order valence-electron chi connectivity index (χ3n) is 4.61. The van der Waals surface area contributed by atoms with E-state index in [1.165, 1.54) is 0 Å². The highest BCUT2D eigenvalue weighted by molar-refractivity contribution is 6.00. The number of ether oxygens (including phenoxy) is 1. The molecule has 27 heavy (non-hydrogen) atoms. The van der Waals surface area contributed by atoms with Gasteiger partial charge in [-0.25, -0.2) is 0 Å². The van der Waals surface area contributed by atoms with E-state index in [0.29, 0.717) is 18.8 Å². The first-order valence-electron chi connectivity index (χ1n) is 9.30. The van der Waals surface area contributed by atoms with Crippen LogP contribution in [0, 0.1) is 13.8 Å². The van der Waals surface area contributed by atoms with Crippen LogP contribution in [0.25, 0.3) is 0 Å². The molecule has 0 spiro atoms. The molecule has 0 fully saturated rings. The van der Waals surface area contributed by atoms with Gasteiger partial charge in [0.2, 0.25) is 5.91 Å². The first-order valence-corrected chi connectivity index (χ1v) is 9.30. The number of benzene rings is 1. The molecule has 0 unspecified atom stereocenters. The van der Waals surface area contributed by atoms with Crippen molar-refractivity contribution in [1.29, 1.82) is 0 Å². The van der Waals surface area contributed by atoms with Crippen LogP contribution in [0.2, 0.25) is 0 Å². The van der Waals surface area contributed by atoms with E-state index in [1.807, 2.05) is 48.9 Å². The molecule has 0 saturated heterocycles. The monoisotopic (exact) mass is 370 g/mol. The minimum atomic E-state index is -0.538.